The fourth-order valence-electron chi connectivity index (χ4n) is 2.52. The van der Waals surface area contributed by atoms with Crippen LogP contribution in [-0.4, -0.2) is 24.3 Å². The molecule has 0 fully saturated rings. The Balaban J connectivity index is 1.89. The minimum atomic E-state index is -0.467. The summed E-state index contributed by atoms with van der Waals surface area (Å²) < 4.78 is 6.21. The number of carbonyl (C=O) groups excluding carboxylic acids is 3. The summed E-state index contributed by atoms with van der Waals surface area (Å²) in [5.74, 6) is -0.0851. The number of hydrogen-bond donors (Lipinski definition) is 3. The largest absolute Gasteiger partial charge is 0.492 e. The molecular formula is C22H26BrN3O4. The molecule has 7 nitrogen and oxygen atoms in total. The highest BCUT2D eigenvalue weighted by atomic mass is 79.9. The molecule has 30 heavy (non-hydrogen) atoms. The van der Waals surface area contributed by atoms with Crippen molar-refractivity contribution in [2.24, 2.45) is 5.92 Å². The topological polar surface area (TPSA) is 96.5 Å². The Kier molecular flexibility index (Phi) is 8.86. The van der Waals surface area contributed by atoms with E-state index in [1.807, 2.05) is 20.8 Å². The van der Waals surface area contributed by atoms with Crippen LogP contribution in [0.4, 0.5) is 5.69 Å². The highest BCUT2D eigenvalue weighted by molar-refractivity contribution is 9.10. The van der Waals surface area contributed by atoms with Crippen LogP contribution in [0.25, 0.3) is 0 Å². The Labute approximate surface area is 184 Å². The molecule has 0 atom stereocenters. The lowest BCUT2D eigenvalue weighted by Crippen LogP contribution is -2.41. The number of rotatable bonds is 8. The SMILES string of the molecule is CCCOc1ccc(C(=O)NNC(=O)c2ccc(NC(=O)CC(C)C)cc2)cc1Br. The normalized spacial score (nSPS) is 10.4. The van der Waals surface area contributed by atoms with Crippen molar-refractivity contribution in [3.8, 4) is 5.75 Å². The van der Waals surface area contributed by atoms with E-state index < -0.39 is 11.8 Å². The Morgan fingerprint density at radius 3 is 2.13 bits per heavy atom. The minimum Gasteiger partial charge on any atom is -0.492 e. The first-order valence-corrected chi connectivity index (χ1v) is 10.5. The van der Waals surface area contributed by atoms with E-state index in [0.29, 0.717) is 40.1 Å². The van der Waals surface area contributed by atoms with Crippen LogP contribution in [-0.2, 0) is 4.79 Å². The van der Waals surface area contributed by atoms with E-state index in [-0.39, 0.29) is 11.8 Å². The molecule has 0 aromatic heterocycles. The summed E-state index contributed by atoms with van der Waals surface area (Å²) in [5, 5.41) is 2.78. The van der Waals surface area contributed by atoms with E-state index in [1.54, 1.807) is 42.5 Å². The van der Waals surface area contributed by atoms with Gasteiger partial charge in [-0.25, -0.2) is 0 Å². The van der Waals surface area contributed by atoms with Gasteiger partial charge >= 0.3 is 0 Å². The maximum absolute atomic E-state index is 12.3. The Bertz CT molecular complexity index is 898. The maximum Gasteiger partial charge on any atom is 0.269 e. The molecule has 8 heteroatoms. The molecule has 3 amide bonds. The average Bonchev–Trinajstić information content (AvgIpc) is 2.70. The van der Waals surface area contributed by atoms with E-state index in [0.717, 1.165) is 6.42 Å². The summed E-state index contributed by atoms with van der Waals surface area (Å²) in [7, 11) is 0. The fraction of sp³-hybridized carbons (Fsp3) is 0.318. The molecule has 0 aliphatic carbocycles. The molecule has 0 spiro atoms. The van der Waals surface area contributed by atoms with Crippen molar-refractivity contribution in [2.75, 3.05) is 11.9 Å². The molecule has 0 bridgehead atoms. The van der Waals surface area contributed by atoms with Gasteiger partial charge in [-0.05, 0) is 70.7 Å². The summed E-state index contributed by atoms with van der Waals surface area (Å²) in [6.07, 6.45) is 1.31. The zero-order chi connectivity index (χ0) is 22.1. The van der Waals surface area contributed by atoms with Gasteiger partial charge in [0.05, 0.1) is 11.1 Å². The van der Waals surface area contributed by atoms with Gasteiger partial charge in [-0.1, -0.05) is 20.8 Å². The lowest BCUT2D eigenvalue weighted by atomic mass is 10.1. The van der Waals surface area contributed by atoms with E-state index >= 15 is 0 Å². The van der Waals surface area contributed by atoms with Crippen LogP contribution in [0, 0.1) is 5.92 Å². The summed E-state index contributed by atoms with van der Waals surface area (Å²) in [6, 6.07) is 11.4. The molecule has 0 aliphatic rings. The molecule has 2 aromatic carbocycles. The van der Waals surface area contributed by atoms with Gasteiger partial charge in [-0.3, -0.25) is 25.2 Å². The van der Waals surface area contributed by atoms with Crippen LogP contribution in [0.3, 0.4) is 0 Å². The van der Waals surface area contributed by atoms with Gasteiger partial charge in [-0.2, -0.15) is 0 Å². The first-order valence-electron chi connectivity index (χ1n) is 9.73. The van der Waals surface area contributed by atoms with Crippen molar-refractivity contribution in [2.45, 2.75) is 33.6 Å². The third-order valence-electron chi connectivity index (χ3n) is 3.97. The van der Waals surface area contributed by atoms with Gasteiger partial charge in [-0.15, -0.1) is 0 Å². The number of ether oxygens (including phenoxy) is 1. The Hall–Kier alpha value is -2.87. The summed E-state index contributed by atoms with van der Waals surface area (Å²) >= 11 is 3.38. The van der Waals surface area contributed by atoms with Gasteiger partial charge in [0, 0.05) is 23.2 Å². The number of hydrogen-bond acceptors (Lipinski definition) is 4. The predicted molar refractivity (Wildman–Crippen MR) is 119 cm³/mol. The predicted octanol–water partition coefficient (Wildman–Crippen LogP) is 4.30. The smallest absolute Gasteiger partial charge is 0.269 e. The summed E-state index contributed by atoms with van der Waals surface area (Å²) in [6.45, 7) is 6.53. The van der Waals surface area contributed by atoms with Gasteiger partial charge in [0.15, 0.2) is 0 Å². The van der Waals surface area contributed by atoms with Crippen LogP contribution in [0.2, 0.25) is 0 Å². The number of nitrogens with one attached hydrogen (secondary N) is 3. The second kappa shape index (κ2) is 11.3. The molecule has 0 radical (unpaired) electrons. The van der Waals surface area contributed by atoms with Crippen molar-refractivity contribution in [1.82, 2.24) is 10.9 Å². The molecule has 3 N–H and O–H groups in total. The van der Waals surface area contributed by atoms with Crippen molar-refractivity contribution in [3.63, 3.8) is 0 Å². The maximum atomic E-state index is 12.3. The molecule has 0 aliphatic heterocycles. The second-order valence-corrected chi connectivity index (χ2v) is 7.98. The molecule has 0 saturated carbocycles. The summed E-state index contributed by atoms with van der Waals surface area (Å²) in [5.41, 5.74) is 6.09. The van der Waals surface area contributed by atoms with Crippen molar-refractivity contribution < 1.29 is 19.1 Å². The third-order valence-corrected chi connectivity index (χ3v) is 4.59. The van der Waals surface area contributed by atoms with E-state index in [4.69, 9.17) is 4.74 Å². The highest BCUT2D eigenvalue weighted by Crippen LogP contribution is 2.26. The molecule has 2 rings (SSSR count). The number of carbonyl (C=O) groups is 3. The first-order chi connectivity index (χ1) is 14.3. The number of amides is 3. The lowest BCUT2D eigenvalue weighted by Gasteiger charge is -2.11. The van der Waals surface area contributed by atoms with Gasteiger partial charge in [0.1, 0.15) is 5.75 Å². The molecular weight excluding hydrogens is 450 g/mol. The fourth-order valence-corrected chi connectivity index (χ4v) is 3.01. The van der Waals surface area contributed by atoms with Crippen LogP contribution in [0.15, 0.2) is 46.9 Å². The quantitative estimate of drug-likeness (QED) is 0.495. The first kappa shape index (κ1) is 23.4. The molecule has 0 unspecified atom stereocenters. The standard InChI is InChI=1S/C22H26BrN3O4/c1-4-11-30-19-10-7-16(13-18(19)23)22(29)26-25-21(28)15-5-8-17(9-6-15)24-20(27)12-14(2)3/h5-10,13-14H,4,11-12H2,1-3H3,(H,24,27)(H,25,28)(H,26,29). The van der Waals surface area contributed by atoms with Crippen LogP contribution >= 0.6 is 15.9 Å². The summed E-state index contributed by atoms with van der Waals surface area (Å²) in [4.78, 5) is 36.3. The van der Waals surface area contributed by atoms with Crippen LogP contribution < -0.4 is 20.9 Å². The number of benzene rings is 2. The van der Waals surface area contributed by atoms with E-state index in [2.05, 4.69) is 32.1 Å². The molecule has 0 heterocycles. The lowest BCUT2D eigenvalue weighted by molar-refractivity contribution is -0.116. The minimum absolute atomic E-state index is 0.0771. The van der Waals surface area contributed by atoms with Crippen LogP contribution in [0.5, 0.6) is 5.75 Å². The third kappa shape index (κ3) is 7.18. The van der Waals surface area contributed by atoms with Gasteiger partial charge < -0.3 is 10.1 Å². The van der Waals surface area contributed by atoms with Crippen LogP contribution in [0.1, 0.15) is 54.3 Å². The Morgan fingerprint density at radius 2 is 1.57 bits per heavy atom. The van der Waals surface area contributed by atoms with Gasteiger partial charge in [0.2, 0.25) is 5.91 Å². The highest BCUT2D eigenvalue weighted by Gasteiger charge is 2.12. The van der Waals surface area contributed by atoms with Crippen molar-refractivity contribution in [3.05, 3.63) is 58.1 Å². The van der Waals surface area contributed by atoms with Crippen molar-refractivity contribution >= 4 is 39.3 Å². The number of halogens is 1. The number of hydrazine groups is 1. The second-order valence-electron chi connectivity index (χ2n) is 7.13. The number of anilines is 1. The zero-order valence-corrected chi connectivity index (χ0v) is 18.8. The van der Waals surface area contributed by atoms with E-state index in [1.165, 1.54) is 0 Å². The average molecular weight is 476 g/mol. The molecule has 2 aromatic rings. The van der Waals surface area contributed by atoms with E-state index in [9.17, 15) is 14.4 Å². The zero-order valence-electron chi connectivity index (χ0n) is 17.3. The monoisotopic (exact) mass is 475 g/mol. The van der Waals surface area contributed by atoms with Gasteiger partial charge in [0.25, 0.3) is 11.8 Å². The van der Waals surface area contributed by atoms with Crippen molar-refractivity contribution in [1.29, 1.82) is 0 Å². The molecule has 160 valence electrons. The molecule has 0 saturated heterocycles. The Morgan fingerprint density at radius 1 is 0.967 bits per heavy atom.